The SMILES string of the molecule is Cc1ccc([S@](=O)CCNC(=O)Cc2ccccc2)cc1. The molecule has 0 bridgehead atoms. The molecule has 1 N–H and O–H groups in total. The lowest BCUT2D eigenvalue weighted by Crippen LogP contribution is -2.29. The van der Waals surface area contributed by atoms with Crippen LogP contribution < -0.4 is 5.32 Å². The molecule has 0 fully saturated rings. The largest absolute Gasteiger partial charge is 0.355 e. The van der Waals surface area contributed by atoms with Crippen LogP contribution in [-0.4, -0.2) is 22.4 Å². The molecule has 21 heavy (non-hydrogen) atoms. The summed E-state index contributed by atoms with van der Waals surface area (Å²) < 4.78 is 12.1. The summed E-state index contributed by atoms with van der Waals surface area (Å²) in [4.78, 5) is 12.6. The predicted octanol–water partition coefficient (Wildman–Crippen LogP) is 2.46. The molecule has 0 saturated carbocycles. The molecule has 0 aliphatic heterocycles. The van der Waals surface area contributed by atoms with Crippen LogP contribution in [-0.2, 0) is 22.0 Å². The Labute approximate surface area is 127 Å². The molecular formula is C17H19NO2S. The minimum absolute atomic E-state index is 0.0397. The molecule has 0 unspecified atom stereocenters. The number of hydrogen-bond donors (Lipinski definition) is 1. The van der Waals surface area contributed by atoms with Gasteiger partial charge in [0.15, 0.2) is 0 Å². The Bertz CT molecular complexity index is 608. The van der Waals surface area contributed by atoms with Gasteiger partial charge in [-0.05, 0) is 24.6 Å². The third kappa shape index (κ3) is 5.16. The summed E-state index contributed by atoms with van der Waals surface area (Å²) in [5.41, 5.74) is 2.13. The second-order valence-electron chi connectivity index (χ2n) is 4.88. The molecule has 2 rings (SSSR count). The Morgan fingerprint density at radius 3 is 2.38 bits per heavy atom. The Morgan fingerprint density at radius 1 is 1.05 bits per heavy atom. The van der Waals surface area contributed by atoms with Gasteiger partial charge in [-0.15, -0.1) is 0 Å². The van der Waals surface area contributed by atoms with Gasteiger partial charge in [-0.3, -0.25) is 9.00 Å². The highest BCUT2D eigenvalue weighted by Crippen LogP contribution is 2.08. The lowest BCUT2D eigenvalue weighted by Gasteiger charge is -2.06. The minimum atomic E-state index is -1.07. The summed E-state index contributed by atoms with van der Waals surface area (Å²) in [5.74, 6) is 0.394. The quantitative estimate of drug-likeness (QED) is 0.891. The van der Waals surface area contributed by atoms with E-state index in [0.717, 1.165) is 16.0 Å². The van der Waals surface area contributed by atoms with Crippen molar-refractivity contribution in [3.8, 4) is 0 Å². The molecule has 0 aliphatic carbocycles. The van der Waals surface area contributed by atoms with Gasteiger partial charge < -0.3 is 5.32 Å². The first kappa shape index (κ1) is 15.4. The van der Waals surface area contributed by atoms with Gasteiger partial charge in [0.25, 0.3) is 0 Å². The number of amides is 1. The summed E-state index contributed by atoms with van der Waals surface area (Å²) in [6.07, 6.45) is 0.359. The van der Waals surface area contributed by atoms with E-state index < -0.39 is 10.8 Å². The molecule has 4 heteroatoms. The number of rotatable bonds is 6. The van der Waals surface area contributed by atoms with Crippen LogP contribution in [0.2, 0.25) is 0 Å². The van der Waals surface area contributed by atoms with Crippen LogP contribution in [0.15, 0.2) is 59.5 Å². The molecule has 1 atom stereocenters. The van der Waals surface area contributed by atoms with E-state index in [9.17, 15) is 9.00 Å². The zero-order valence-corrected chi connectivity index (χ0v) is 12.9. The van der Waals surface area contributed by atoms with E-state index in [1.165, 1.54) is 0 Å². The molecule has 0 aromatic heterocycles. The second kappa shape index (κ2) is 7.74. The van der Waals surface area contributed by atoms with Gasteiger partial charge in [-0.25, -0.2) is 0 Å². The van der Waals surface area contributed by atoms with Crippen LogP contribution in [0.1, 0.15) is 11.1 Å². The van der Waals surface area contributed by atoms with Crippen molar-refractivity contribution in [1.82, 2.24) is 5.32 Å². The van der Waals surface area contributed by atoms with E-state index in [0.29, 0.717) is 18.7 Å². The number of carbonyl (C=O) groups excluding carboxylic acids is 1. The molecule has 2 aromatic carbocycles. The van der Waals surface area contributed by atoms with Crippen LogP contribution in [0.3, 0.4) is 0 Å². The molecule has 2 aromatic rings. The van der Waals surface area contributed by atoms with E-state index in [-0.39, 0.29) is 5.91 Å². The molecule has 0 saturated heterocycles. The predicted molar refractivity (Wildman–Crippen MR) is 85.6 cm³/mol. The highest BCUT2D eigenvalue weighted by Gasteiger charge is 2.06. The van der Waals surface area contributed by atoms with Gasteiger partial charge in [-0.2, -0.15) is 0 Å². The maximum Gasteiger partial charge on any atom is 0.224 e. The first-order chi connectivity index (χ1) is 10.1. The van der Waals surface area contributed by atoms with E-state index in [1.807, 2.05) is 61.5 Å². The fourth-order valence-electron chi connectivity index (χ4n) is 1.93. The summed E-state index contributed by atoms with van der Waals surface area (Å²) in [5, 5.41) is 2.81. The zero-order chi connectivity index (χ0) is 15.1. The number of aryl methyl sites for hydroxylation is 1. The fourth-order valence-corrected chi connectivity index (χ4v) is 2.90. The monoisotopic (exact) mass is 301 g/mol. The molecule has 1 amide bonds. The van der Waals surface area contributed by atoms with Crippen molar-refractivity contribution >= 4 is 16.7 Å². The van der Waals surface area contributed by atoms with Crippen molar-refractivity contribution < 1.29 is 9.00 Å². The highest BCUT2D eigenvalue weighted by molar-refractivity contribution is 7.85. The van der Waals surface area contributed by atoms with Crippen LogP contribution in [0.5, 0.6) is 0 Å². The lowest BCUT2D eigenvalue weighted by atomic mass is 10.1. The van der Waals surface area contributed by atoms with Crippen LogP contribution in [0.4, 0.5) is 0 Å². The number of benzene rings is 2. The van der Waals surface area contributed by atoms with E-state index in [2.05, 4.69) is 5.32 Å². The van der Waals surface area contributed by atoms with Crippen molar-refractivity contribution in [3.63, 3.8) is 0 Å². The topological polar surface area (TPSA) is 46.2 Å². The summed E-state index contributed by atoms with van der Waals surface area (Å²) in [6.45, 7) is 2.42. The summed E-state index contributed by atoms with van der Waals surface area (Å²) >= 11 is 0. The normalized spacial score (nSPS) is 11.9. The summed E-state index contributed by atoms with van der Waals surface area (Å²) in [6, 6.07) is 17.2. The van der Waals surface area contributed by atoms with Crippen molar-refractivity contribution in [2.45, 2.75) is 18.2 Å². The average Bonchev–Trinajstić information content (AvgIpc) is 2.49. The molecule has 3 nitrogen and oxygen atoms in total. The number of nitrogens with one attached hydrogen (secondary N) is 1. The zero-order valence-electron chi connectivity index (χ0n) is 12.0. The Kier molecular flexibility index (Phi) is 5.69. The minimum Gasteiger partial charge on any atom is -0.355 e. The van der Waals surface area contributed by atoms with Crippen molar-refractivity contribution in [1.29, 1.82) is 0 Å². The maximum atomic E-state index is 12.1. The number of carbonyl (C=O) groups is 1. The molecular weight excluding hydrogens is 282 g/mol. The van der Waals surface area contributed by atoms with Gasteiger partial charge in [0.1, 0.15) is 0 Å². The van der Waals surface area contributed by atoms with Crippen molar-refractivity contribution in [2.24, 2.45) is 0 Å². The fraction of sp³-hybridized carbons (Fsp3) is 0.235. The third-order valence-corrected chi connectivity index (χ3v) is 4.47. The van der Waals surface area contributed by atoms with Gasteiger partial charge in [0.2, 0.25) is 5.91 Å². The van der Waals surface area contributed by atoms with E-state index in [1.54, 1.807) is 0 Å². The summed E-state index contributed by atoms with van der Waals surface area (Å²) in [7, 11) is -1.07. The van der Waals surface area contributed by atoms with Gasteiger partial charge in [0.05, 0.1) is 17.2 Å². The van der Waals surface area contributed by atoms with Crippen LogP contribution in [0.25, 0.3) is 0 Å². The molecule has 0 radical (unpaired) electrons. The van der Waals surface area contributed by atoms with E-state index >= 15 is 0 Å². The van der Waals surface area contributed by atoms with E-state index in [4.69, 9.17) is 0 Å². The molecule has 0 spiro atoms. The Balaban J connectivity index is 1.75. The third-order valence-electron chi connectivity index (χ3n) is 3.10. The van der Waals surface area contributed by atoms with Gasteiger partial charge in [0, 0.05) is 17.2 Å². The van der Waals surface area contributed by atoms with Gasteiger partial charge >= 0.3 is 0 Å². The number of hydrogen-bond acceptors (Lipinski definition) is 2. The Hall–Kier alpha value is -1.94. The van der Waals surface area contributed by atoms with Crippen molar-refractivity contribution in [3.05, 3.63) is 65.7 Å². The maximum absolute atomic E-state index is 12.1. The second-order valence-corrected chi connectivity index (χ2v) is 6.45. The smallest absolute Gasteiger partial charge is 0.224 e. The molecule has 110 valence electrons. The Morgan fingerprint density at radius 2 is 1.71 bits per heavy atom. The standard InChI is InChI=1S/C17H19NO2S/c1-14-7-9-16(10-8-14)21(20)12-11-18-17(19)13-15-5-3-2-4-6-15/h2-10H,11-13H2,1H3,(H,18,19)/t21-/m1/s1. The average molecular weight is 301 g/mol. The van der Waals surface area contributed by atoms with Gasteiger partial charge in [-0.1, -0.05) is 48.0 Å². The molecule has 0 heterocycles. The lowest BCUT2D eigenvalue weighted by molar-refractivity contribution is -0.120. The highest BCUT2D eigenvalue weighted by atomic mass is 32.2. The first-order valence-electron chi connectivity index (χ1n) is 6.91. The molecule has 0 aliphatic rings. The van der Waals surface area contributed by atoms with Crippen LogP contribution in [0, 0.1) is 6.92 Å². The first-order valence-corrected chi connectivity index (χ1v) is 8.23. The van der Waals surface area contributed by atoms with Crippen LogP contribution >= 0.6 is 0 Å². The van der Waals surface area contributed by atoms with Crippen molar-refractivity contribution in [2.75, 3.05) is 12.3 Å².